The Hall–Kier alpha value is -1.86. The van der Waals surface area contributed by atoms with Crippen molar-refractivity contribution in [3.63, 3.8) is 0 Å². The van der Waals surface area contributed by atoms with Crippen LogP contribution < -0.4 is 0 Å². The van der Waals surface area contributed by atoms with Crippen molar-refractivity contribution >= 4 is 5.91 Å². The van der Waals surface area contributed by atoms with Gasteiger partial charge in [-0.3, -0.25) is 9.78 Å². The van der Waals surface area contributed by atoms with Gasteiger partial charge in [-0.1, -0.05) is 18.8 Å². The van der Waals surface area contributed by atoms with Crippen molar-refractivity contribution in [1.82, 2.24) is 9.88 Å². The van der Waals surface area contributed by atoms with Crippen LogP contribution in [0.4, 0.5) is 0 Å². The second-order valence-corrected chi connectivity index (χ2v) is 4.41. The Morgan fingerprint density at radius 1 is 1.53 bits per heavy atom. The summed E-state index contributed by atoms with van der Waals surface area (Å²) in [4.78, 5) is 18.0. The molecule has 19 heavy (non-hydrogen) atoms. The Labute approximate surface area is 114 Å². The van der Waals surface area contributed by atoms with E-state index in [1.807, 2.05) is 13.8 Å². The fourth-order valence-corrected chi connectivity index (χ4v) is 1.52. The van der Waals surface area contributed by atoms with Crippen LogP contribution in [0.5, 0.6) is 0 Å². The zero-order valence-corrected chi connectivity index (χ0v) is 11.7. The van der Waals surface area contributed by atoms with Crippen LogP contribution in [0, 0.1) is 11.8 Å². The summed E-state index contributed by atoms with van der Waals surface area (Å²) in [5.41, 5.74) is 1.23. The summed E-state index contributed by atoms with van der Waals surface area (Å²) in [7, 11) is 1.79. The predicted molar refractivity (Wildman–Crippen MR) is 74.7 cm³/mol. The number of carbonyl (C=O) groups is 1. The van der Waals surface area contributed by atoms with Crippen molar-refractivity contribution in [2.45, 2.75) is 32.7 Å². The highest BCUT2D eigenvalue weighted by Crippen LogP contribution is 2.09. The van der Waals surface area contributed by atoms with Crippen LogP contribution in [-0.2, 0) is 0 Å². The van der Waals surface area contributed by atoms with Crippen LogP contribution in [0.2, 0.25) is 0 Å². The molecule has 0 spiro atoms. The number of hydrogen-bond donors (Lipinski definition) is 1. The number of amides is 1. The highest BCUT2D eigenvalue weighted by Gasteiger charge is 2.16. The van der Waals surface area contributed by atoms with Crippen molar-refractivity contribution in [3.8, 4) is 11.8 Å². The van der Waals surface area contributed by atoms with E-state index in [0.29, 0.717) is 17.5 Å². The summed E-state index contributed by atoms with van der Waals surface area (Å²) in [5.74, 6) is 5.65. The van der Waals surface area contributed by atoms with Gasteiger partial charge in [0.15, 0.2) is 0 Å². The van der Waals surface area contributed by atoms with Gasteiger partial charge >= 0.3 is 0 Å². The SMILES string of the molecule is CCC(C)N(C)C(=O)c1cncc(C#CCCO)c1. The lowest BCUT2D eigenvalue weighted by Crippen LogP contribution is -2.34. The third-order valence-electron chi connectivity index (χ3n) is 3.03. The summed E-state index contributed by atoms with van der Waals surface area (Å²) < 4.78 is 0. The Balaban J connectivity index is 2.88. The zero-order valence-electron chi connectivity index (χ0n) is 11.7. The van der Waals surface area contributed by atoms with E-state index in [0.717, 1.165) is 6.42 Å². The highest BCUT2D eigenvalue weighted by atomic mass is 16.2. The van der Waals surface area contributed by atoms with E-state index in [1.165, 1.54) is 0 Å². The Kier molecular flexibility index (Phi) is 6.04. The maximum absolute atomic E-state index is 12.2. The molecule has 1 aromatic rings. The summed E-state index contributed by atoms with van der Waals surface area (Å²) >= 11 is 0. The third kappa shape index (κ3) is 4.38. The number of rotatable bonds is 4. The van der Waals surface area contributed by atoms with E-state index in [2.05, 4.69) is 16.8 Å². The molecule has 102 valence electrons. The summed E-state index contributed by atoms with van der Waals surface area (Å²) in [5, 5.41) is 8.67. The smallest absolute Gasteiger partial charge is 0.255 e. The van der Waals surface area contributed by atoms with E-state index in [1.54, 1.807) is 30.4 Å². The number of aliphatic hydroxyl groups is 1. The van der Waals surface area contributed by atoms with Gasteiger partial charge in [0.05, 0.1) is 12.2 Å². The van der Waals surface area contributed by atoms with E-state index in [4.69, 9.17) is 5.11 Å². The molecule has 0 radical (unpaired) electrons. The molecule has 0 aliphatic carbocycles. The maximum atomic E-state index is 12.2. The first kappa shape index (κ1) is 15.2. The quantitative estimate of drug-likeness (QED) is 0.838. The molecular weight excluding hydrogens is 240 g/mol. The first-order valence-electron chi connectivity index (χ1n) is 6.42. The average Bonchev–Trinajstić information content (AvgIpc) is 2.45. The van der Waals surface area contributed by atoms with Crippen molar-refractivity contribution in [3.05, 3.63) is 29.6 Å². The normalized spacial score (nSPS) is 11.4. The molecule has 1 atom stereocenters. The summed E-state index contributed by atoms with van der Waals surface area (Å²) in [6, 6.07) is 1.93. The van der Waals surface area contributed by atoms with Gasteiger partial charge in [0, 0.05) is 37.5 Å². The monoisotopic (exact) mass is 260 g/mol. The minimum atomic E-state index is -0.0485. The molecule has 1 rings (SSSR count). The lowest BCUT2D eigenvalue weighted by atomic mass is 10.1. The van der Waals surface area contributed by atoms with E-state index < -0.39 is 0 Å². The number of aromatic nitrogens is 1. The molecule has 1 heterocycles. The lowest BCUT2D eigenvalue weighted by Gasteiger charge is -2.23. The second-order valence-electron chi connectivity index (χ2n) is 4.41. The fraction of sp³-hybridized carbons (Fsp3) is 0.467. The van der Waals surface area contributed by atoms with Gasteiger partial charge in [-0.15, -0.1) is 0 Å². The fourth-order valence-electron chi connectivity index (χ4n) is 1.52. The highest BCUT2D eigenvalue weighted by molar-refractivity contribution is 5.94. The van der Waals surface area contributed by atoms with Gasteiger partial charge in [0.25, 0.3) is 5.91 Å². The van der Waals surface area contributed by atoms with Crippen LogP contribution in [0.1, 0.15) is 42.6 Å². The molecule has 0 fully saturated rings. The number of carbonyl (C=O) groups excluding carboxylic acids is 1. The minimum Gasteiger partial charge on any atom is -0.395 e. The largest absolute Gasteiger partial charge is 0.395 e. The molecule has 0 bridgehead atoms. The van der Waals surface area contributed by atoms with Gasteiger partial charge in [-0.25, -0.2) is 0 Å². The van der Waals surface area contributed by atoms with Gasteiger partial charge in [0.2, 0.25) is 0 Å². The average molecular weight is 260 g/mol. The lowest BCUT2D eigenvalue weighted by molar-refractivity contribution is 0.0740. The standard InChI is InChI=1S/C15H20N2O2/c1-4-12(2)17(3)15(19)14-9-13(10-16-11-14)7-5-6-8-18/h9-12,18H,4,6,8H2,1-3H3. The predicted octanol–water partition coefficient (Wildman–Crippen LogP) is 1.69. The zero-order chi connectivity index (χ0) is 14.3. The van der Waals surface area contributed by atoms with Gasteiger partial charge in [0.1, 0.15) is 0 Å². The van der Waals surface area contributed by atoms with Gasteiger partial charge in [-0.05, 0) is 19.4 Å². The molecule has 1 unspecified atom stereocenters. The van der Waals surface area contributed by atoms with Crippen LogP contribution >= 0.6 is 0 Å². The van der Waals surface area contributed by atoms with Crippen molar-refractivity contribution in [1.29, 1.82) is 0 Å². The Morgan fingerprint density at radius 2 is 2.26 bits per heavy atom. The molecule has 4 nitrogen and oxygen atoms in total. The maximum Gasteiger partial charge on any atom is 0.255 e. The summed E-state index contributed by atoms with van der Waals surface area (Å²) in [6.45, 7) is 4.09. The summed E-state index contributed by atoms with van der Waals surface area (Å²) in [6.07, 6.45) is 4.50. The van der Waals surface area contributed by atoms with E-state index >= 15 is 0 Å². The number of pyridine rings is 1. The number of nitrogens with zero attached hydrogens (tertiary/aromatic N) is 2. The van der Waals surface area contributed by atoms with Crippen LogP contribution in [0.25, 0.3) is 0 Å². The number of aliphatic hydroxyl groups excluding tert-OH is 1. The molecule has 4 heteroatoms. The molecule has 1 N–H and O–H groups in total. The third-order valence-corrected chi connectivity index (χ3v) is 3.03. The molecule has 0 aliphatic rings. The van der Waals surface area contributed by atoms with E-state index in [9.17, 15) is 4.79 Å². The van der Waals surface area contributed by atoms with Crippen molar-refractivity contribution < 1.29 is 9.90 Å². The molecule has 0 saturated carbocycles. The second kappa shape index (κ2) is 7.55. The van der Waals surface area contributed by atoms with E-state index in [-0.39, 0.29) is 18.6 Å². The molecule has 0 aromatic carbocycles. The molecule has 0 saturated heterocycles. The Bertz CT molecular complexity index is 488. The van der Waals surface area contributed by atoms with Gasteiger partial charge in [-0.2, -0.15) is 0 Å². The van der Waals surface area contributed by atoms with Crippen LogP contribution in [-0.4, -0.2) is 40.6 Å². The molecule has 1 aromatic heterocycles. The number of hydrogen-bond acceptors (Lipinski definition) is 3. The van der Waals surface area contributed by atoms with Crippen LogP contribution in [0.15, 0.2) is 18.5 Å². The minimum absolute atomic E-state index is 0.0375. The first-order chi connectivity index (χ1) is 9.10. The van der Waals surface area contributed by atoms with Crippen molar-refractivity contribution in [2.24, 2.45) is 0 Å². The van der Waals surface area contributed by atoms with Gasteiger partial charge < -0.3 is 10.0 Å². The first-order valence-corrected chi connectivity index (χ1v) is 6.42. The van der Waals surface area contributed by atoms with Crippen LogP contribution in [0.3, 0.4) is 0 Å². The topological polar surface area (TPSA) is 53.4 Å². The van der Waals surface area contributed by atoms with Crippen molar-refractivity contribution in [2.75, 3.05) is 13.7 Å². The molecule has 1 amide bonds. The molecular formula is C15H20N2O2. The Morgan fingerprint density at radius 3 is 2.89 bits per heavy atom. The molecule has 0 aliphatic heterocycles.